The maximum absolute atomic E-state index is 12.7. The lowest BCUT2D eigenvalue weighted by Gasteiger charge is -2.35. The fourth-order valence-electron chi connectivity index (χ4n) is 3.82. The van der Waals surface area contributed by atoms with Crippen molar-refractivity contribution in [3.8, 4) is 0 Å². The molecule has 2 heterocycles. The molecule has 3 nitrogen and oxygen atoms in total. The van der Waals surface area contributed by atoms with Crippen molar-refractivity contribution in [1.82, 2.24) is 10.2 Å². The maximum atomic E-state index is 12.7. The number of rotatable bonds is 5. The van der Waals surface area contributed by atoms with Crippen LogP contribution < -0.4 is 5.32 Å². The zero-order chi connectivity index (χ0) is 18.6. The molecule has 0 bridgehead atoms. The van der Waals surface area contributed by atoms with E-state index in [0.29, 0.717) is 6.54 Å². The maximum Gasteiger partial charge on any atom is 0.251 e. The summed E-state index contributed by atoms with van der Waals surface area (Å²) in [5, 5.41) is 7.49. The second-order valence-corrected chi connectivity index (χ2v) is 7.87. The lowest BCUT2D eigenvalue weighted by atomic mass is 9.97. The van der Waals surface area contributed by atoms with E-state index in [1.54, 1.807) is 11.3 Å². The average molecular weight is 377 g/mol. The Morgan fingerprint density at radius 1 is 1.11 bits per heavy atom. The van der Waals surface area contributed by atoms with Crippen LogP contribution in [0.5, 0.6) is 0 Å². The van der Waals surface area contributed by atoms with Gasteiger partial charge in [-0.2, -0.15) is 11.3 Å². The van der Waals surface area contributed by atoms with Crippen LogP contribution in [0.2, 0.25) is 0 Å². The molecule has 1 N–H and O–H groups in total. The van der Waals surface area contributed by atoms with E-state index >= 15 is 0 Å². The molecule has 1 aliphatic heterocycles. The number of benzene rings is 2. The van der Waals surface area contributed by atoms with Crippen LogP contribution in [0.15, 0.2) is 65.4 Å². The van der Waals surface area contributed by atoms with Gasteiger partial charge in [0, 0.05) is 25.2 Å². The normalized spacial score (nSPS) is 15.1. The summed E-state index contributed by atoms with van der Waals surface area (Å²) in [4.78, 5) is 15.2. The molecule has 4 rings (SSSR count). The Labute approximate surface area is 164 Å². The number of nitrogens with one attached hydrogen (secondary N) is 1. The van der Waals surface area contributed by atoms with Crippen molar-refractivity contribution >= 4 is 17.2 Å². The quantitative estimate of drug-likeness (QED) is 0.707. The van der Waals surface area contributed by atoms with Gasteiger partial charge in [0.25, 0.3) is 5.91 Å². The van der Waals surface area contributed by atoms with Gasteiger partial charge < -0.3 is 5.32 Å². The van der Waals surface area contributed by atoms with Crippen LogP contribution in [-0.2, 0) is 13.0 Å². The Kier molecular flexibility index (Phi) is 5.37. The Morgan fingerprint density at radius 2 is 1.89 bits per heavy atom. The lowest BCUT2D eigenvalue weighted by Crippen LogP contribution is -2.40. The Hall–Kier alpha value is -2.43. The predicted molar refractivity (Wildman–Crippen MR) is 111 cm³/mol. The van der Waals surface area contributed by atoms with E-state index in [1.807, 2.05) is 31.2 Å². The van der Waals surface area contributed by atoms with Crippen molar-refractivity contribution < 1.29 is 4.79 Å². The topological polar surface area (TPSA) is 32.3 Å². The van der Waals surface area contributed by atoms with E-state index in [2.05, 4.69) is 51.3 Å². The van der Waals surface area contributed by atoms with Crippen LogP contribution in [0.25, 0.3) is 0 Å². The number of nitrogens with zero attached hydrogens (tertiary/aromatic N) is 1. The van der Waals surface area contributed by atoms with Crippen molar-refractivity contribution in [2.24, 2.45) is 0 Å². The highest BCUT2D eigenvalue weighted by atomic mass is 32.1. The van der Waals surface area contributed by atoms with Gasteiger partial charge in [-0.25, -0.2) is 0 Å². The fourth-order valence-corrected chi connectivity index (χ4v) is 4.53. The number of carbonyl (C=O) groups excluding carboxylic acids is 1. The summed E-state index contributed by atoms with van der Waals surface area (Å²) in [5.74, 6) is 0.00531. The second-order valence-electron chi connectivity index (χ2n) is 7.09. The zero-order valence-electron chi connectivity index (χ0n) is 15.5. The number of thiophene rings is 1. The van der Waals surface area contributed by atoms with Gasteiger partial charge in [-0.3, -0.25) is 9.69 Å². The van der Waals surface area contributed by atoms with E-state index in [0.717, 1.165) is 30.6 Å². The first-order chi connectivity index (χ1) is 13.2. The summed E-state index contributed by atoms with van der Waals surface area (Å²) < 4.78 is 0. The van der Waals surface area contributed by atoms with Crippen LogP contribution in [0.4, 0.5) is 0 Å². The third kappa shape index (κ3) is 3.97. The third-order valence-electron chi connectivity index (χ3n) is 5.37. The molecule has 4 heteroatoms. The molecule has 0 fully saturated rings. The minimum absolute atomic E-state index is 0.00531. The molecule has 1 atom stereocenters. The minimum atomic E-state index is 0.00531. The van der Waals surface area contributed by atoms with Gasteiger partial charge in [-0.05, 0) is 58.5 Å². The molecule has 1 aromatic heterocycles. The molecule has 0 saturated heterocycles. The number of hydrogen-bond acceptors (Lipinski definition) is 3. The molecule has 0 saturated carbocycles. The van der Waals surface area contributed by atoms with Gasteiger partial charge in [0.2, 0.25) is 0 Å². The average Bonchev–Trinajstić information content (AvgIpc) is 3.23. The number of aryl methyl sites for hydroxylation is 1. The van der Waals surface area contributed by atoms with E-state index in [4.69, 9.17) is 0 Å². The standard InChI is InChI=1S/C23H24N2OS/c1-17-6-2-5-9-21(17)23(26)24-14-22(20-11-13-27-16-20)25-12-10-18-7-3-4-8-19(18)15-25/h2-9,11,13,16,22H,10,12,14-15H2,1H3,(H,24,26). The molecular formula is C23H24N2OS. The van der Waals surface area contributed by atoms with Gasteiger partial charge in [0.15, 0.2) is 0 Å². The Balaban J connectivity index is 1.51. The lowest BCUT2D eigenvalue weighted by molar-refractivity contribution is 0.0927. The number of carbonyl (C=O) groups is 1. The van der Waals surface area contributed by atoms with E-state index in [1.165, 1.54) is 16.7 Å². The molecule has 3 aromatic rings. The second kappa shape index (κ2) is 8.07. The molecule has 2 aromatic carbocycles. The third-order valence-corrected chi connectivity index (χ3v) is 6.08. The van der Waals surface area contributed by atoms with Crippen LogP contribution in [0.1, 0.15) is 38.7 Å². The highest BCUT2D eigenvalue weighted by Gasteiger charge is 2.25. The summed E-state index contributed by atoms with van der Waals surface area (Å²) >= 11 is 1.71. The summed E-state index contributed by atoms with van der Waals surface area (Å²) in [6, 6.07) is 18.8. The van der Waals surface area contributed by atoms with Crippen molar-refractivity contribution in [1.29, 1.82) is 0 Å². The first-order valence-electron chi connectivity index (χ1n) is 9.39. The molecule has 138 valence electrons. The smallest absolute Gasteiger partial charge is 0.251 e. The van der Waals surface area contributed by atoms with Crippen molar-refractivity contribution in [3.05, 3.63) is 93.2 Å². The molecule has 0 spiro atoms. The zero-order valence-corrected chi connectivity index (χ0v) is 16.3. The summed E-state index contributed by atoms with van der Waals surface area (Å²) in [7, 11) is 0. The van der Waals surface area contributed by atoms with Crippen LogP contribution in [0, 0.1) is 6.92 Å². The van der Waals surface area contributed by atoms with Gasteiger partial charge in [-0.15, -0.1) is 0 Å². The highest BCUT2D eigenvalue weighted by Crippen LogP contribution is 2.28. The van der Waals surface area contributed by atoms with Crippen LogP contribution in [0.3, 0.4) is 0 Å². The molecule has 27 heavy (non-hydrogen) atoms. The van der Waals surface area contributed by atoms with Crippen LogP contribution in [-0.4, -0.2) is 23.9 Å². The molecule has 1 unspecified atom stereocenters. The summed E-state index contributed by atoms with van der Waals surface area (Å²) in [6.07, 6.45) is 1.06. The monoisotopic (exact) mass is 376 g/mol. The Bertz CT molecular complexity index is 920. The van der Waals surface area contributed by atoms with Crippen molar-refractivity contribution in [2.45, 2.75) is 25.9 Å². The van der Waals surface area contributed by atoms with Crippen molar-refractivity contribution in [2.75, 3.05) is 13.1 Å². The van der Waals surface area contributed by atoms with Gasteiger partial charge in [0.05, 0.1) is 6.04 Å². The minimum Gasteiger partial charge on any atom is -0.350 e. The first kappa shape index (κ1) is 18.0. The van der Waals surface area contributed by atoms with Crippen molar-refractivity contribution in [3.63, 3.8) is 0 Å². The van der Waals surface area contributed by atoms with Crippen LogP contribution >= 0.6 is 11.3 Å². The molecule has 1 aliphatic rings. The molecule has 0 aliphatic carbocycles. The van der Waals surface area contributed by atoms with Gasteiger partial charge >= 0.3 is 0 Å². The number of hydrogen-bond donors (Lipinski definition) is 1. The molecule has 0 radical (unpaired) electrons. The highest BCUT2D eigenvalue weighted by molar-refractivity contribution is 7.07. The van der Waals surface area contributed by atoms with E-state index in [9.17, 15) is 4.79 Å². The molecule has 1 amide bonds. The summed E-state index contributed by atoms with van der Waals surface area (Å²) in [6.45, 7) is 4.54. The van der Waals surface area contributed by atoms with Gasteiger partial charge in [0.1, 0.15) is 0 Å². The molecular weight excluding hydrogens is 352 g/mol. The van der Waals surface area contributed by atoms with Gasteiger partial charge in [-0.1, -0.05) is 42.5 Å². The number of amides is 1. The Morgan fingerprint density at radius 3 is 2.67 bits per heavy atom. The summed E-state index contributed by atoms with van der Waals surface area (Å²) in [5.41, 5.74) is 5.89. The van der Waals surface area contributed by atoms with E-state index < -0.39 is 0 Å². The predicted octanol–water partition coefficient (Wildman–Crippen LogP) is 4.59. The van der Waals surface area contributed by atoms with E-state index in [-0.39, 0.29) is 11.9 Å². The first-order valence-corrected chi connectivity index (χ1v) is 10.3. The SMILES string of the molecule is Cc1ccccc1C(=O)NCC(c1ccsc1)N1CCc2ccccc2C1. The largest absolute Gasteiger partial charge is 0.350 e. The fraction of sp³-hybridized carbons (Fsp3) is 0.261. The number of fused-ring (bicyclic) bond motifs is 1.